The zero-order valence-electron chi connectivity index (χ0n) is 11.7. The molecule has 2 atom stereocenters. The Morgan fingerprint density at radius 1 is 1.38 bits per heavy atom. The number of rotatable bonds is 3. The molecule has 0 aromatic heterocycles. The highest BCUT2D eigenvalue weighted by Crippen LogP contribution is 2.38. The van der Waals surface area contributed by atoms with Crippen molar-refractivity contribution in [2.45, 2.75) is 25.0 Å². The number of benzene rings is 1. The molecule has 7 nitrogen and oxygen atoms in total. The Hall–Kier alpha value is -1.82. The molecule has 2 amide bonds. The maximum absolute atomic E-state index is 12.3. The highest BCUT2D eigenvalue weighted by atomic mass is 31.1. The van der Waals surface area contributed by atoms with Crippen molar-refractivity contribution in [3.63, 3.8) is 0 Å². The van der Waals surface area contributed by atoms with Crippen LogP contribution in [0.15, 0.2) is 24.3 Å². The number of nitrogens with one attached hydrogen (secondary N) is 1. The zero-order valence-corrected chi connectivity index (χ0v) is 12.6. The second-order valence-corrected chi connectivity index (χ2v) is 6.74. The molecule has 1 aromatic carbocycles. The molecule has 1 saturated heterocycles. The van der Waals surface area contributed by atoms with Gasteiger partial charge in [-0.25, -0.2) is 5.84 Å². The molecule has 8 heteroatoms. The number of hydrogen-bond donors (Lipinski definition) is 3. The van der Waals surface area contributed by atoms with Gasteiger partial charge in [0.1, 0.15) is 0 Å². The lowest BCUT2D eigenvalue weighted by atomic mass is 10.1. The summed E-state index contributed by atoms with van der Waals surface area (Å²) in [6.45, 7) is 2.26. The Kier molecular flexibility index (Phi) is 4.37. The minimum absolute atomic E-state index is 0.225. The third kappa shape index (κ3) is 3.10. The molecule has 112 valence electrons. The maximum Gasteiger partial charge on any atom is 0.495 e. The molecule has 21 heavy (non-hydrogen) atoms. The van der Waals surface area contributed by atoms with Gasteiger partial charge in [-0.05, 0) is 30.0 Å². The van der Waals surface area contributed by atoms with Crippen LogP contribution in [0.1, 0.15) is 28.8 Å². The molecule has 1 aliphatic rings. The van der Waals surface area contributed by atoms with Gasteiger partial charge in [0.2, 0.25) is 0 Å². The van der Waals surface area contributed by atoms with Crippen LogP contribution >= 0.6 is 7.95 Å². The Labute approximate surface area is 123 Å². The molecule has 1 unspecified atom stereocenters. The van der Waals surface area contributed by atoms with Crippen molar-refractivity contribution in [1.29, 1.82) is 0 Å². The summed E-state index contributed by atoms with van der Waals surface area (Å²) in [6, 6.07) is 6.78. The summed E-state index contributed by atoms with van der Waals surface area (Å²) in [5, 5.41) is 1.64. The number of amides is 2. The summed E-state index contributed by atoms with van der Waals surface area (Å²) < 4.78 is 12.3. The average Bonchev–Trinajstić information content (AvgIpc) is 2.45. The summed E-state index contributed by atoms with van der Waals surface area (Å²) in [6.07, 6.45) is 0.767. The van der Waals surface area contributed by atoms with Crippen molar-refractivity contribution in [2.24, 2.45) is 11.6 Å². The molecule has 1 aromatic rings. The summed E-state index contributed by atoms with van der Waals surface area (Å²) >= 11 is 0. The summed E-state index contributed by atoms with van der Waals surface area (Å²) in [5.74, 6) is 4.38. The highest BCUT2D eigenvalue weighted by Gasteiger charge is 2.57. The van der Waals surface area contributed by atoms with E-state index in [4.69, 9.17) is 11.6 Å². The lowest BCUT2D eigenvalue weighted by Gasteiger charge is -2.28. The van der Waals surface area contributed by atoms with Gasteiger partial charge in [0, 0.05) is 18.5 Å². The van der Waals surface area contributed by atoms with Crippen molar-refractivity contribution in [3.8, 4) is 0 Å². The van der Waals surface area contributed by atoms with Crippen LogP contribution in [0.5, 0.6) is 0 Å². The van der Waals surface area contributed by atoms with E-state index in [-0.39, 0.29) is 6.42 Å². The van der Waals surface area contributed by atoms with Crippen LogP contribution in [0.2, 0.25) is 0 Å². The van der Waals surface area contributed by atoms with E-state index in [1.807, 2.05) is 6.92 Å². The van der Waals surface area contributed by atoms with E-state index in [9.17, 15) is 14.2 Å². The second-order valence-electron chi connectivity index (χ2n) is 5.13. The van der Waals surface area contributed by atoms with Crippen molar-refractivity contribution in [2.75, 3.05) is 6.54 Å². The number of aryl methyl sites for hydroxylation is 1. The van der Waals surface area contributed by atoms with E-state index >= 15 is 0 Å². The first kappa shape index (κ1) is 15.6. The first-order valence-electron chi connectivity index (χ1n) is 6.55. The summed E-state index contributed by atoms with van der Waals surface area (Å²) in [4.78, 5) is 24.0. The molecule has 1 aliphatic heterocycles. The number of hydrogen-bond acceptors (Lipinski definition) is 5. The van der Waals surface area contributed by atoms with Gasteiger partial charge < -0.3 is 0 Å². The van der Waals surface area contributed by atoms with Crippen LogP contribution in [0, 0.1) is 6.92 Å². The molecule has 1 fully saturated rings. The molecule has 0 saturated carbocycles. The largest absolute Gasteiger partial charge is 0.495 e. The predicted molar refractivity (Wildman–Crippen MR) is 78.3 cm³/mol. The maximum atomic E-state index is 12.3. The monoisotopic (exact) mass is 309 g/mol. The van der Waals surface area contributed by atoms with Crippen molar-refractivity contribution in [1.82, 2.24) is 10.1 Å². The lowest BCUT2D eigenvalue weighted by Crippen LogP contribution is -2.60. The Morgan fingerprint density at radius 3 is 2.62 bits per heavy atom. The van der Waals surface area contributed by atoms with E-state index in [2.05, 4.69) is 5.09 Å². The molecule has 1 heterocycles. The van der Waals surface area contributed by atoms with Crippen LogP contribution in [-0.2, 0) is 9.36 Å². The fourth-order valence-electron chi connectivity index (χ4n) is 2.13. The molecule has 0 bridgehead atoms. The average molecular weight is 309 g/mol. The Morgan fingerprint density at radius 2 is 2.00 bits per heavy atom. The van der Waals surface area contributed by atoms with Crippen LogP contribution in [0.4, 0.5) is 0 Å². The van der Waals surface area contributed by atoms with Crippen molar-refractivity contribution >= 4 is 19.8 Å². The van der Waals surface area contributed by atoms with Crippen LogP contribution in [0.25, 0.3) is 0 Å². The summed E-state index contributed by atoms with van der Waals surface area (Å²) in [5.41, 5.74) is 7.29. The zero-order chi connectivity index (χ0) is 15.6. The molecular formula is C13H18N4O3P+. The quantitative estimate of drug-likeness (QED) is 0.429. The number of hydrazine groups is 1. The van der Waals surface area contributed by atoms with Crippen molar-refractivity contribution in [3.05, 3.63) is 35.4 Å². The van der Waals surface area contributed by atoms with Gasteiger partial charge in [-0.1, -0.05) is 17.7 Å². The van der Waals surface area contributed by atoms with Gasteiger partial charge in [0.15, 0.2) is 0 Å². The van der Waals surface area contributed by atoms with Gasteiger partial charge in [0.25, 0.3) is 5.91 Å². The minimum atomic E-state index is -2.46. The first-order chi connectivity index (χ1) is 9.84. The van der Waals surface area contributed by atoms with E-state index in [0.717, 1.165) is 10.6 Å². The van der Waals surface area contributed by atoms with Crippen molar-refractivity contribution < 1.29 is 14.2 Å². The smallest absolute Gasteiger partial charge is 0.275 e. The molecule has 0 aliphatic carbocycles. The number of nitrogens with two attached hydrogens (primary N) is 2. The van der Waals surface area contributed by atoms with Gasteiger partial charge in [-0.2, -0.15) is 0 Å². The number of carbonyl (C=O) groups excluding carboxylic acids is 2. The SMILES string of the molecule is Cc1ccc(C(=O)N[P+](=O)[C@@]2(N)CCCN(N)C2=O)cc1. The van der Waals surface area contributed by atoms with E-state index in [1.165, 1.54) is 0 Å². The van der Waals surface area contributed by atoms with Crippen LogP contribution in [0.3, 0.4) is 0 Å². The molecule has 2 rings (SSSR count). The Bertz CT molecular complexity index is 590. The number of carbonyl (C=O) groups is 2. The number of piperidine rings is 1. The molecule has 5 N–H and O–H groups in total. The minimum Gasteiger partial charge on any atom is -0.275 e. The molecule has 0 radical (unpaired) electrons. The van der Waals surface area contributed by atoms with E-state index in [0.29, 0.717) is 18.5 Å². The fourth-order valence-corrected chi connectivity index (χ4v) is 3.30. The molecular weight excluding hydrogens is 291 g/mol. The topological polar surface area (TPSA) is 119 Å². The second kappa shape index (κ2) is 5.89. The fraction of sp³-hybridized carbons (Fsp3) is 0.385. The predicted octanol–water partition coefficient (Wildman–Crippen LogP) is 0.618. The van der Waals surface area contributed by atoms with E-state index in [1.54, 1.807) is 24.3 Å². The molecule has 0 spiro atoms. The van der Waals surface area contributed by atoms with Gasteiger partial charge in [-0.3, -0.25) is 20.3 Å². The van der Waals surface area contributed by atoms with Gasteiger partial charge in [-0.15, -0.1) is 5.09 Å². The standard InChI is InChI=1S/C13H17N4O3P/c1-9-3-5-10(6-4-9)11(18)16-21(20)13(14)7-2-8-17(15)12(13)19/h3-6H,2,7-8,14-15H2,1H3/p+1/t13-/m0/s1. The normalized spacial score (nSPS) is 22.9. The van der Waals surface area contributed by atoms with Crippen LogP contribution in [-0.4, -0.2) is 28.6 Å². The third-order valence-corrected chi connectivity index (χ3v) is 5.01. The van der Waals surface area contributed by atoms with E-state index < -0.39 is 25.0 Å². The summed E-state index contributed by atoms with van der Waals surface area (Å²) in [7, 11) is -2.46. The van der Waals surface area contributed by atoms with Gasteiger partial charge in [0.05, 0.1) is 0 Å². The van der Waals surface area contributed by atoms with Crippen LogP contribution < -0.4 is 16.7 Å². The number of nitrogens with zero attached hydrogens (tertiary/aromatic N) is 1. The highest BCUT2D eigenvalue weighted by molar-refractivity contribution is 7.46. The Balaban J connectivity index is 2.11. The van der Waals surface area contributed by atoms with Gasteiger partial charge >= 0.3 is 19.1 Å². The lowest BCUT2D eigenvalue weighted by molar-refractivity contribution is -0.136. The third-order valence-electron chi connectivity index (χ3n) is 3.47. The first-order valence-corrected chi connectivity index (χ1v) is 7.81.